The highest BCUT2D eigenvalue weighted by Gasteiger charge is 2.06. The van der Waals surface area contributed by atoms with Crippen molar-refractivity contribution in [2.45, 2.75) is 13.5 Å². The van der Waals surface area contributed by atoms with Gasteiger partial charge in [-0.15, -0.1) is 0 Å². The monoisotopic (exact) mass is 298 g/mol. The van der Waals surface area contributed by atoms with Crippen molar-refractivity contribution in [1.82, 2.24) is 15.1 Å². The number of aromatic nitrogens is 3. The molecule has 0 fully saturated rings. The van der Waals surface area contributed by atoms with Crippen molar-refractivity contribution in [3.8, 4) is 5.88 Å². The average Bonchev–Trinajstić information content (AvgIpc) is 2.74. The van der Waals surface area contributed by atoms with Gasteiger partial charge < -0.3 is 14.6 Å². The standard InChI is InChI=1S/C10H11BrN4O2/c1-6-3-7(17-15-6)4-12-10-13-5-8(11)9(14-10)16-2/h3,5H,4H2,1-2H3,(H,12,13,14). The van der Waals surface area contributed by atoms with E-state index < -0.39 is 0 Å². The molecule has 0 aromatic carbocycles. The van der Waals surface area contributed by atoms with Gasteiger partial charge in [-0.3, -0.25) is 0 Å². The lowest BCUT2D eigenvalue weighted by Crippen LogP contribution is -2.03. The average molecular weight is 299 g/mol. The third-order valence-electron chi connectivity index (χ3n) is 2.00. The number of anilines is 1. The van der Waals surface area contributed by atoms with Crippen molar-refractivity contribution < 1.29 is 9.26 Å². The summed E-state index contributed by atoms with van der Waals surface area (Å²) in [7, 11) is 1.55. The minimum Gasteiger partial charge on any atom is -0.480 e. The van der Waals surface area contributed by atoms with Gasteiger partial charge in [0, 0.05) is 6.07 Å². The van der Waals surface area contributed by atoms with E-state index in [1.54, 1.807) is 13.3 Å². The Bertz CT molecular complexity index is 515. The number of ether oxygens (including phenoxy) is 1. The molecule has 6 nitrogen and oxygen atoms in total. The van der Waals surface area contributed by atoms with Crippen LogP contribution in [0.3, 0.4) is 0 Å². The summed E-state index contributed by atoms with van der Waals surface area (Å²) < 4.78 is 10.8. The molecule has 0 aliphatic rings. The summed E-state index contributed by atoms with van der Waals surface area (Å²) in [5.41, 5.74) is 0.844. The number of nitrogens with zero attached hydrogens (tertiary/aromatic N) is 3. The van der Waals surface area contributed by atoms with Gasteiger partial charge >= 0.3 is 0 Å². The summed E-state index contributed by atoms with van der Waals surface area (Å²) in [6.07, 6.45) is 1.62. The maximum Gasteiger partial charge on any atom is 0.232 e. The van der Waals surface area contributed by atoms with Gasteiger partial charge in [0.15, 0.2) is 5.76 Å². The number of hydrogen-bond acceptors (Lipinski definition) is 6. The zero-order chi connectivity index (χ0) is 12.3. The minimum atomic E-state index is 0.471. The molecular weight excluding hydrogens is 288 g/mol. The number of methoxy groups -OCH3 is 1. The first-order valence-electron chi connectivity index (χ1n) is 4.91. The van der Waals surface area contributed by atoms with Crippen LogP contribution in [0.15, 0.2) is 21.3 Å². The highest BCUT2D eigenvalue weighted by molar-refractivity contribution is 9.10. The summed E-state index contributed by atoms with van der Waals surface area (Å²) >= 11 is 3.28. The van der Waals surface area contributed by atoms with E-state index in [-0.39, 0.29) is 0 Å². The number of rotatable bonds is 4. The number of nitrogens with one attached hydrogen (secondary N) is 1. The van der Waals surface area contributed by atoms with Gasteiger partial charge in [0.25, 0.3) is 0 Å². The molecular formula is C10H11BrN4O2. The summed E-state index contributed by atoms with van der Waals surface area (Å²) in [5.74, 6) is 1.68. The summed E-state index contributed by atoms with van der Waals surface area (Å²) in [5, 5.41) is 6.81. The lowest BCUT2D eigenvalue weighted by Gasteiger charge is -2.05. The molecule has 0 aliphatic heterocycles. The first-order valence-corrected chi connectivity index (χ1v) is 5.71. The fraction of sp³-hybridized carbons (Fsp3) is 0.300. The van der Waals surface area contributed by atoms with E-state index in [4.69, 9.17) is 9.26 Å². The van der Waals surface area contributed by atoms with Crippen molar-refractivity contribution in [3.63, 3.8) is 0 Å². The molecule has 7 heteroatoms. The van der Waals surface area contributed by atoms with Gasteiger partial charge in [-0.2, -0.15) is 4.98 Å². The van der Waals surface area contributed by atoms with E-state index in [2.05, 4.69) is 36.4 Å². The van der Waals surface area contributed by atoms with E-state index in [9.17, 15) is 0 Å². The quantitative estimate of drug-likeness (QED) is 0.932. The van der Waals surface area contributed by atoms with Crippen molar-refractivity contribution in [1.29, 1.82) is 0 Å². The zero-order valence-corrected chi connectivity index (χ0v) is 11.0. The van der Waals surface area contributed by atoms with Crippen molar-refractivity contribution in [3.05, 3.63) is 28.2 Å². The smallest absolute Gasteiger partial charge is 0.232 e. The zero-order valence-electron chi connectivity index (χ0n) is 9.40. The SMILES string of the molecule is COc1nc(NCc2cc(C)no2)ncc1Br. The second-order valence-electron chi connectivity index (χ2n) is 3.34. The molecule has 0 spiro atoms. The Hall–Kier alpha value is -1.63. The van der Waals surface area contributed by atoms with Crippen LogP contribution in [-0.4, -0.2) is 22.2 Å². The van der Waals surface area contributed by atoms with Crippen LogP contribution in [0.1, 0.15) is 11.5 Å². The third kappa shape index (κ3) is 2.94. The first-order chi connectivity index (χ1) is 8.19. The first kappa shape index (κ1) is 11.8. The molecule has 2 aromatic rings. The van der Waals surface area contributed by atoms with Crippen LogP contribution >= 0.6 is 15.9 Å². The van der Waals surface area contributed by atoms with Crippen LogP contribution < -0.4 is 10.1 Å². The molecule has 0 saturated carbocycles. The highest BCUT2D eigenvalue weighted by Crippen LogP contribution is 2.21. The highest BCUT2D eigenvalue weighted by atomic mass is 79.9. The molecule has 90 valence electrons. The summed E-state index contributed by atoms with van der Waals surface area (Å²) in [6.45, 7) is 2.35. The van der Waals surface area contributed by atoms with Gasteiger partial charge in [-0.05, 0) is 22.9 Å². The van der Waals surface area contributed by atoms with Crippen LogP contribution in [0.4, 0.5) is 5.95 Å². The Balaban J connectivity index is 2.04. The van der Waals surface area contributed by atoms with Gasteiger partial charge in [0.05, 0.1) is 30.0 Å². The Morgan fingerprint density at radius 3 is 3.00 bits per heavy atom. The van der Waals surface area contributed by atoms with E-state index in [1.807, 2.05) is 13.0 Å². The Kier molecular flexibility index (Phi) is 3.58. The van der Waals surface area contributed by atoms with Crippen LogP contribution in [-0.2, 0) is 6.54 Å². The second-order valence-corrected chi connectivity index (χ2v) is 4.19. The minimum absolute atomic E-state index is 0.471. The van der Waals surface area contributed by atoms with E-state index in [0.29, 0.717) is 22.8 Å². The molecule has 0 bridgehead atoms. The Morgan fingerprint density at radius 1 is 1.53 bits per heavy atom. The predicted molar refractivity (Wildman–Crippen MR) is 64.9 cm³/mol. The molecule has 1 N–H and O–H groups in total. The van der Waals surface area contributed by atoms with Gasteiger partial charge in [-0.1, -0.05) is 5.16 Å². The lowest BCUT2D eigenvalue weighted by atomic mass is 10.4. The van der Waals surface area contributed by atoms with Gasteiger partial charge in [0.1, 0.15) is 0 Å². The predicted octanol–water partition coefficient (Wildman–Crippen LogP) is 2.16. The van der Waals surface area contributed by atoms with Gasteiger partial charge in [0.2, 0.25) is 11.8 Å². The molecule has 2 rings (SSSR count). The van der Waals surface area contributed by atoms with Crippen molar-refractivity contribution >= 4 is 21.9 Å². The van der Waals surface area contributed by atoms with Gasteiger partial charge in [-0.25, -0.2) is 4.98 Å². The second kappa shape index (κ2) is 5.13. The van der Waals surface area contributed by atoms with E-state index in [1.165, 1.54) is 0 Å². The van der Waals surface area contributed by atoms with Crippen molar-refractivity contribution in [2.75, 3.05) is 12.4 Å². The number of halogens is 1. The molecule has 0 aliphatic carbocycles. The Morgan fingerprint density at radius 2 is 2.35 bits per heavy atom. The van der Waals surface area contributed by atoms with Crippen LogP contribution in [0.25, 0.3) is 0 Å². The molecule has 0 atom stereocenters. The molecule has 0 amide bonds. The summed E-state index contributed by atoms with van der Waals surface area (Å²) in [4.78, 5) is 8.26. The fourth-order valence-electron chi connectivity index (χ4n) is 1.25. The Labute approximate surface area is 107 Å². The topological polar surface area (TPSA) is 73.1 Å². The van der Waals surface area contributed by atoms with Crippen LogP contribution in [0.5, 0.6) is 5.88 Å². The molecule has 0 unspecified atom stereocenters. The molecule has 17 heavy (non-hydrogen) atoms. The number of hydrogen-bond donors (Lipinski definition) is 1. The van der Waals surface area contributed by atoms with Crippen molar-refractivity contribution in [2.24, 2.45) is 0 Å². The normalized spacial score (nSPS) is 10.3. The fourth-order valence-corrected chi connectivity index (χ4v) is 1.60. The lowest BCUT2D eigenvalue weighted by molar-refractivity contribution is 0.383. The summed E-state index contributed by atoms with van der Waals surface area (Å²) in [6, 6.07) is 1.85. The maximum atomic E-state index is 5.07. The van der Waals surface area contributed by atoms with Crippen LogP contribution in [0.2, 0.25) is 0 Å². The molecule has 2 heterocycles. The van der Waals surface area contributed by atoms with E-state index in [0.717, 1.165) is 11.5 Å². The van der Waals surface area contributed by atoms with E-state index >= 15 is 0 Å². The molecule has 2 aromatic heterocycles. The van der Waals surface area contributed by atoms with Crippen LogP contribution in [0, 0.1) is 6.92 Å². The molecule has 0 saturated heterocycles. The maximum absolute atomic E-state index is 5.07. The molecule has 0 radical (unpaired) electrons. The number of aryl methyl sites for hydroxylation is 1. The largest absolute Gasteiger partial charge is 0.480 e. The third-order valence-corrected chi connectivity index (χ3v) is 2.55.